The number of ether oxygens (including phenoxy) is 1. The second-order valence-corrected chi connectivity index (χ2v) is 14.2. The van der Waals surface area contributed by atoms with E-state index in [1.54, 1.807) is 0 Å². The molecule has 0 saturated heterocycles. The predicted octanol–water partition coefficient (Wildman–Crippen LogP) is 6.53. The molecular formula is C24H33NO5Si. The molecule has 31 heavy (non-hydrogen) atoms. The van der Waals surface area contributed by atoms with Crippen LogP contribution in [0.4, 0.5) is 5.69 Å². The van der Waals surface area contributed by atoms with Crippen LogP contribution in [0.5, 0.6) is 5.75 Å². The third kappa shape index (κ3) is 5.33. The van der Waals surface area contributed by atoms with Crippen molar-refractivity contribution in [3.8, 4) is 5.75 Å². The van der Waals surface area contributed by atoms with E-state index in [-0.39, 0.29) is 5.69 Å². The quantitative estimate of drug-likeness (QED) is 0.191. The smallest absolute Gasteiger partial charge is 0.337 e. The second-order valence-electron chi connectivity index (χ2n) is 8.83. The topological polar surface area (TPSA) is 78.7 Å². The van der Waals surface area contributed by atoms with Gasteiger partial charge in [0.1, 0.15) is 5.75 Å². The number of hydrogen-bond donors (Lipinski definition) is 0. The first-order chi connectivity index (χ1) is 14.5. The van der Waals surface area contributed by atoms with Crippen molar-refractivity contribution in [2.24, 2.45) is 0 Å². The van der Waals surface area contributed by atoms with Gasteiger partial charge in [0.25, 0.3) is 14.0 Å². The lowest BCUT2D eigenvalue weighted by Crippen LogP contribution is -2.50. The SMILES string of the molecule is COC(=O)c1ccc([N+](=O)[O-])c(Cc2ccc(O[Si](C(C)C)(C(C)C)C(C)C)cc2)c1. The summed E-state index contributed by atoms with van der Waals surface area (Å²) in [5, 5.41) is 11.4. The Bertz CT molecular complexity index is 900. The molecule has 2 aromatic carbocycles. The zero-order valence-corrected chi connectivity index (χ0v) is 20.5. The van der Waals surface area contributed by atoms with Crippen LogP contribution in [0.15, 0.2) is 42.5 Å². The molecule has 168 valence electrons. The molecule has 6 nitrogen and oxygen atoms in total. The molecule has 2 rings (SSSR count). The van der Waals surface area contributed by atoms with Gasteiger partial charge in [0.2, 0.25) is 0 Å². The van der Waals surface area contributed by atoms with Crippen LogP contribution < -0.4 is 4.43 Å². The van der Waals surface area contributed by atoms with Crippen molar-refractivity contribution >= 4 is 20.0 Å². The average Bonchev–Trinajstić information content (AvgIpc) is 2.71. The molecule has 0 aromatic heterocycles. The van der Waals surface area contributed by atoms with E-state index in [4.69, 9.17) is 9.16 Å². The highest BCUT2D eigenvalue weighted by atomic mass is 28.4. The number of carbonyl (C=O) groups excluding carboxylic acids is 1. The molecule has 0 amide bonds. The van der Waals surface area contributed by atoms with Crippen LogP contribution in [0.3, 0.4) is 0 Å². The number of carbonyl (C=O) groups is 1. The van der Waals surface area contributed by atoms with Crippen LogP contribution in [-0.2, 0) is 11.2 Å². The Morgan fingerprint density at radius 3 is 1.97 bits per heavy atom. The number of esters is 1. The number of rotatable bonds is 9. The van der Waals surface area contributed by atoms with E-state index in [1.165, 1.54) is 25.3 Å². The lowest BCUT2D eigenvalue weighted by Gasteiger charge is -2.42. The second kappa shape index (κ2) is 10.1. The molecule has 0 saturated carbocycles. The van der Waals surface area contributed by atoms with E-state index < -0.39 is 19.2 Å². The Hall–Kier alpha value is -2.67. The van der Waals surface area contributed by atoms with Gasteiger partial charge in [-0.25, -0.2) is 4.79 Å². The normalized spacial score (nSPS) is 11.8. The van der Waals surface area contributed by atoms with E-state index in [9.17, 15) is 14.9 Å². The number of nitro groups is 1. The van der Waals surface area contributed by atoms with E-state index in [0.29, 0.717) is 34.2 Å². The fraction of sp³-hybridized carbons (Fsp3) is 0.458. The number of benzene rings is 2. The summed E-state index contributed by atoms with van der Waals surface area (Å²) in [5.74, 6) is 0.321. The van der Waals surface area contributed by atoms with Crippen LogP contribution in [0, 0.1) is 10.1 Å². The molecule has 0 aliphatic heterocycles. The lowest BCUT2D eigenvalue weighted by atomic mass is 10.0. The number of methoxy groups -OCH3 is 1. The summed E-state index contributed by atoms with van der Waals surface area (Å²) >= 11 is 0. The van der Waals surface area contributed by atoms with E-state index in [0.717, 1.165) is 11.3 Å². The molecule has 0 heterocycles. The van der Waals surface area contributed by atoms with Gasteiger partial charge in [-0.3, -0.25) is 10.1 Å². The Kier molecular flexibility index (Phi) is 8.00. The molecule has 0 bridgehead atoms. The van der Waals surface area contributed by atoms with Gasteiger partial charge in [0.15, 0.2) is 0 Å². The minimum Gasteiger partial charge on any atom is -0.543 e. The number of nitro benzene ring substituents is 1. The monoisotopic (exact) mass is 443 g/mol. The summed E-state index contributed by atoms with van der Waals surface area (Å²) in [4.78, 5) is 22.8. The fourth-order valence-electron chi connectivity index (χ4n) is 4.60. The number of hydrogen-bond acceptors (Lipinski definition) is 5. The molecule has 7 heteroatoms. The third-order valence-electron chi connectivity index (χ3n) is 6.02. The highest BCUT2D eigenvalue weighted by Gasteiger charge is 2.46. The fourth-order valence-corrected chi connectivity index (χ4v) is 9.85. The van der Waals surface area contributed by atoms with E-state index >= 15 is 0 Å². The summed E-state index contributed by atoms with van der Waals surface area (Å²) in [5.41, 5.74) is 3.06. The van der Waals surface area contributed by atoms with Crippen molar-refractivity contribution in [1.29, 1.82) is 0 Å². The first-order valence-corrected chi connectivity index (χ1v) is 12.8. The van der Waals surface area contributed by atoms with Crippen molar-refractivity contribution in [2.75, 3.05) is 7.11 Å². The minimum atomic E-state index is -2.05. The third-order valence-corrected chi connectivity index (χ3v) is 12.0. The molecular weight excluding hydrogens is 410 g/mol. The van der Waals surface area contributed by atoms with Crippen LogP contribution in [0.25, 0.3) is 0 Å². The van der Waals surface area contributed by atoms with Crippen molar-refractivity contribution in [1.82, 2.24) is 0 Å². The molecule has 2 aromatic rings. The Morgan fingerprint density at radius 2 is 1.52 bits per heavy atom. The highest BCUT2D eigenvalue weighted by molar-refractivity contribution is 6.78. The Morgan fingerprint density at radius 1 is 0.968 bits per heavy atom. The zero-order valence-electron chi connectivity index (χ0n) is 19.5. The Labute approximate surface area is 185 Å². The minimum absolute atomic E-state index is 0.0150. The van der Waals surface area contributed by atoms with Gasteiger partial charge in [0.05, 0.1) is 17.6 Å². The standard InChI is InChI=1S/C24H33NO5Si/c1-16(2)31(17(3)4,18(5)6)30-22-11-8-19(9-12-22)14-21-15-20(24(26)29-7)10-13-23(21)25(27)28/h8-13,15-18H,14H2,1-7H3. The van der Waals surface area contributed by atoms with Gasteiger partial charge in [-0.2, -0.15) is 0 Å². The van der Waals surface area contributed by atoms with E-state index in [2.05, 4.69) is 41.5 Å². The average molecular weight is 444 g/mol. The van der Waals surface area contributed by atoms with Gasteiger partial charge in [-0.15, -0.1) is 0 Å². The largest absolute Gasteiger partial charge is 0.543 e. The molecule has 0 aliphatic rings. The molecule has 0 aliphatic carbocycles. The summed E-state index contributed by atoms with van der Waals surface area (Å²) in [7, 11) is -0.760. The predicted molar refractivity (Wildman–Crippen MR) is 125 cm³/mol. The molecule has 0 fully saturated rings. The van der Waals surface area contributed by atoms with Crippen LogP contribution in [0.1, 0.15) is 63.0 Å². The summed E-state index contributed by atoms with van der Waals surface area (Å²) < 4.78 is 11.4. The van der Waals surface area contributed by atoms with Crippen molar-refractivity contribution in [3.05, 3.63) is 69.3 Å². The maximum absolute atomic E-state index is 11.8. The molecule has 0 unspecified atom stereocenters. The first kappa shape index (κ1) is 24.6. The number of nitrogens with zero attached hydrogens (tertiary/aromatic N) is 1. The van der Waals surface area contributed by atoms with Crippen molar-refractivity contribution in [3.63, 3.8) is 0 Å². The van der Waals surface area contributed by atoms with Crippen LogP contribution in [-0.4, -0.2) is 26.3 Å². The summed E-state index contributed by atoms with van der Waals surface area (Å²) in [6, 6.07) is 12.1. The molecule has 0 atom stereocenters. The first-order valence-electron chi connectivity index (χ1n) is 10.7. The summed E-state index contributed by atoms with van der Waals surface area (Å²) in [6.07, 6.45) is 0.336. The maximum atomic E-state index is 11.8. The van der Waals surface area contributed by atoms with Crippen molar-refractivity contribution in [2.45, 2.75) is 64.6 Å². The zero-order chi connectivity index (χ0) is 23.3. The lowest BCUT2D eigenvalue weighted by molar-refractivity contribution is -0.385. The Balaban J connectivity index is 2.32. The molecule has 0 spiro atoms. The van der Waals surface area contributed by atoms with Gasteiger partial charge < -0.3 is 9.16 Å². The summed E-state index contributed by atoms with van der Waals surface area (Å²) in [6.45, 7) is 13.5. The van der Waals surface area contributed by atoms with Crippen LogP contribution >= 0.6 is 0 Å². The van der Waals surface area contributed by atoms with Crippen LogP contribution in [0.2, 0.25) is 16.6 Å². The van der Waals surface area contributed by atoms with E-state index in [1.807, 2.05) is 24.3 Å². The van der Waals surface area contributed by atoms with Gasteiger partial charge in [0, 0.05) is 18.1 Å². The van der Waals surface area contributed by atoms with Crippen molar-refractivity contribution < 1.29 is 18.9 Å². The highest BCUT2D eigenvalue weighted by Crippen LogP contribution is 2.42. The molecule has 0 radical (unpaired) electrons. The maximum Gasteiger partial charge on any atom is 0.337 e. The molecule has 0 N–H and O–H groups in total. The van der Waals surface area contributed by atoms with Gasteiger partial charge in [-0.05, 0) is 46.5 Å². The van der Waals surface area contributed by atoms with Gasteiger partial charge in [-0.1, -0.05) is 53.7 Å². The van der Waals surface area contributed by atoms with Gasteiger partial charge >= 0.3 is 5.97 Å².